The van der Waals surface area contributed by atoms with Crippen molar-refractivity contribution in [1.29, 1.82) is 0 Å². The van der Waals surface area contributed by atoms with Crippen LogP contribution in [0.15, 0.2) is 24.4 Å². The second kappa shape index (κ2) is 3.38. The highest BCUT2D eigenvalue weighted by atomic mass is 16.3. The zero-order valence-corrected chi connectivity index (χ0v) is 7.92. The summed E-state index contributed by atoms with van der Waals surface area (Å²) >= 11 is 0. The lowest BCUT2D eigenvalue weighted by atomic mass is 10.1. The summed E-state index contributed by atoms with van der Waals surface area (Å²) in [7, 11) is 1.69. The van der Waals surface area contributed by atoms with Crippen molar-refractivity contribution in [3.8, 4) is 0 Å². The fourth-order valence-electron chi connectivity index (χ4n) is 1.75. The van der Waals surface area contributed by atoms with Gasteiger partial charge in [0, 0.05) is 19.7 Å². The molecule has 2 atom stereocenters. The molecule has 14 heavy (non-hydrogen) atoms. The van der Waals surface area contributed by atoms with Crippen molar-refractivity contribution in [3.63, 3.8) is 0 Å². The van der Waals surface area contributed by atoms with Crippen LogP contribution in [-0.2, 0) is 4.79 Å². The summed E-state index contributed by atoms with van der Waals surface area (Å²) in [5.41, 5.74) is 0.833. The van der Waals surface area contributed by atoms with Gasteiger partial charge >= 0.3 is 0 Å². The maximum absolute atomic E-state index is 11.3. The molecule has 1 aliphatic rings. The molecule has 74 valence electrons. The Kier molecular flexibility index (Phi) is 2.21. The van der Waals surface area contributed by atoms with Gasteiger partial charge in [-0.15, -0.1) is 0 Å². The second-order valence-electron chi connectivity index (χ2n) is 3.47. The number of pyridine rings is 1. The van der Waals surface area contributed by atoms with E-state index in [1.54, 1.807) is 18.1 Å². The molecule has 0 saturated carbocycles. The zero-order valence-electron chi connectivity index (χ0n) is 7.92. The number of rotatable bonds is 1. The molecule has 0 aromatic carbocycles. The van der Waals surface area contributed by atoms with Gasteiger partial charge in [-0.25, -0.2) is 0 Å². The Morgan fingerprint density at radius 1 is 1.57 bits per heavy atom. The number of aliphatic hydroxyl groups excluding tert-OH is 1. The van der Waals surface area contributed by atoms with Crippen molar-refractivity contribution in [2.75, 3.05) is 7.05 Å². The summed E-state index contributed by atoms with van der Waals surface area (Å²) in [4.78, 5) is 17.1. The number of carbonyl (C=O) groups excluding carboxylic acids is 1. The van der Waals surface area contributed by atoms with Gasteiger partial charge in [0.15, 0.2) is 0 Å². The number of amides is 1. The minimum atomic E-state index is -0.869. The first kappa shape index (κ1) is 9.15. The predicted octanol–water partition coefficient (Wildman–Crippen LogP) is 0.346. The minimum Gasteiger partial charge on any atom is -0.383 e. The number of likely N-dealkylation sites (tertiary alicyclic amines) is 1. The van der Waals surface area contributed by atoms with Gasteiger partial charge in [0.2, 0.25) is 0 Å². The van der Waals surface area contributed by atoms with E-state index in [1.165, 1.54) is 0 Å². The molecule has 0 bridgehead atoms. The van der Waals surface area contributed by atoms with E-state index in [0.29, 0.717) is 6.42 Å². The van der Waals surface area contributed by atoms with Crippen LogP contribution in [-0.4, -0.2) is 34.0 Å². The summed E-state index contributed by atoms with van der Waals surface area (Å²) in [6.07, 6.45) is 1.26. The SMILES string of the molecule is CN1C(=O)[C@H](O)C[C@H]1c1ccccn1. The van der Waals surface area contributed by atoms with Crippen molar-refractivity contribution in [1.82, 2.24) is 9.88 Å². The number of hydrogen-bond acceptors (Lipinski definition) is 3. The highest BCUT2D eigenvalue weighted by Crippen LogP contribution is 2.29. The Hall–Kier alpha value is -1.42. The molecule has 1 amide bonds. The number of aliphatic hydroxyl groups is 1. The van der Waals surface area contributed by atoms with Crippen LogP contribution in [0.5, 0.6) is 0 Å². The van der Waals surface area contributed by atoms with Crippen LogP contribution in [0.3, 0.4) is 0 Å². The molecule has 1 N–H and O–H groups in total. The van der Waals surface area contributed by atoms with Gasteiger partial charge in [0.1, 0.15) is 6.10 Å². The first-order chi connectivity index (χ1) is 6.70. The van der Waals surface area contributed by atoms with Gasteiger partial charge in [-0.3, -0.25) is 9.78 Å². The highest BCUT2D eigenvalue weighted by Gasteiger charge is 2.37. The predicted molar refractivity (Wildman–Crippen MR) is 50.4 cm³/mol. The fourth-order valence-corrected chi connectivity index (χ4v) is 1.75. The van der Waals surface area contributed by atoms with Crippen LogP contribution < -0.4 is 0 Å². The Bertz CT molecular complexity index is 339. The Morgan fingerprint density at radius 2 is 2.36 bits per heavy atom. The van der Waals surface area contributed by atoms with E-state index in [4.69, 9.17) is 0 Å². The van der Waals surface area contributed by atoms with Crippen LogP contribution in [0, 0.1) is 0 Å². The molecular weight excluding hydrogens is 180 g/mol. The summed E-state index contributed by atoms with van der Waals surface area (Å²) in [6, 6.07) is 5.49. The van der Waals surface area contributed by atoms with Crippen LogP contribution in [0.2, 0.25) is 0 Å². The summed E-state index contributed by atoms with van der Waals surface area (Å²) in [5.74, 6) is -0.222. The quantitative estimate of drug-likeness (QED) is 0.698. The molecule has 4 heteroatoms. The maximum atomic E-state index is 11.3. The molecule has 0 unspecified atom stereocenters. The highest BCUT2D eigenvalue weighted by molar-refractivity contribution is 5.83. The third-order valence-corrected chi connectivity index (χ3v) is 2.58. The van der Waals surface area contributed by atoms with Crippen LogP contribution in [0.25, 0.3) is 0 Å². The fraction of sp³-hybridized carbons (Fsp3) is 0.400. The average Bonchev–Trinajstić information content (AvgIpc) is 2.47. The van der Waals surface area contributed by atoms with Crippen LogP contribution >= 0.6 is 0 Å². The van der Waals surface area contributed by atoms with Crippen molar-refractivity contribution in [2.24, 2.45) is 0 Å². The van der Waals surface area contributed by atoms with Crippen molar-refractivity contribution < 1.29 is 9.90 Å². The number of likely N-dealkylation sites (N-methyl/N-ethyl adjacent to an activating group) is 1. The van der Waals surface area contributed by atoms with E-state index < -0.39 is 6.10 Å². The molecule has 0 aliphatic carbocycles. The lowest BCUT2D eigenvalue weighted by Crippen LogP contribution is -2.27. The first-order valence-electron chi connectivity index (χ1n) is 4.56. The van der Waals surface area contributed by atoms with Crippen molar-refractivity contribution in [3.05, 3.63) is 30.1 Å². The lowest BCUT2D eigenvalue weighted by molar-refractivity contribution is -0.134. The van der Waals surface area contributed by atoms with E-state index in [2.05, 4.69) is 4.98 Å². The lowest BCUT2D eigenvalue weighted by Gasteiger charge is -2.18. The summed E-state index contributed by atoms with van der Waals surface area (Å²) in [6.45, 7) is 0. The summed E-state index contributed by atoms with van der Waals surface area (Å²) in [5, 5.41) is 9.38. The molecule has 2 rings (SSSR count). The van der Waals surface area contributed by atoms with Gasteiger partial charge in [0.25, 0.3) is 5.91 Å². The molecule has 0 radical (unpaired) electrons. The third kappa shape index (κ3) is 1.37. The second-order valence-corrected chi connectivity index (χ2v) is 3.47. The molecule has 0 spiro atoms. The van der Waals surface area contributed by atoms with E-state index >= 15 is 0 Å². The van der Waals surface area contributed by atoms with Gasteiger partial charge in [-0.1, -0.05) is 6.07 Å². The molecule has 1 aromatic heterocycles. The molecule has 1 saturated heterocycles. The van der Waals surface area contributed by atoms with Crippen LogP contribution in [0.1, 0.15) is 18.2 Å². The topological polar surface area (TPSA) is 53.4 Å². The van der Waals surface area contributed by atoms with E-state index in [-0.39, 0.29) is 11.9 Å². The van der Waals surface area contributed by atoms with E-state index in [9.17, 15) is 9.90 Å². The number of hydrogen-bond donors (Lipinski definition) is 1. The Morgan fingerprint density at radius 3 is 2.86 bits per heavy atom. The average molecular weight is 192 g/mol. The molecular formula is C10H12N2O2. The van der Waals surface area contributed by atoms with E-state index in [1.807, 2.05) is 18.2 Å². The van der Waals surface area contributed by atoms with E-state index in [0.717, 1.165) is 5.69 Å². The van der Waals surface area contributed by atoms with Gasteiger partial charge < -0.3 is 10.0 Å². The number of nitrogens with zero attached hydrogens (tertiary/aromatic N) is 2. The standard InChI is InChI=1S/C10H12N2O2/c1-12-8(6-9(13)10(12)14)7-4-2-3-5-11-7/h2-5,8-9,13H,6H2,1H3/t8-,9+/m0/s1. The van der Waals surface area contributed by atoms with Crippen molar-refractivity contribution >= 4 is 5.91 Å². The van der Waals surface area contributed by atoms with Gasteiger partial charge in [-0.05, 0) is 12.1 Å². The first-order valence-corrected chi connectivity index (χ1v) is 4.56. The molecule has 1 fully saturated rings. The summed E-state index contributed by atoms with van der Waals surface area (Å²) < 4.78 is 0. The largest absolute Gasteiger partial charge is 0.383 e. The normalized spacial score (nSPS) is 27.0. The van der Waals surface area contributed by atoms with Crippen molar-refractivity contribution in [2.45, 2.75) is 18.6 Å². The smallest absolute Gasteiger partial charge is 0.251 e. The maximum Gasteiger partial charge on any atom is 0.251 e. The monoisotopic (exact) mass is 192 g/mol. The Labute approximate surface area is 82.2 Å². The van der Waals surface area contributed by atoms with Gasteiger partial charge in [-0.2, -0.15) is 0 Å². The zero-order chi connectivity index (χ0) is 10.1. The molecule has 1 aromatic rings. The Balaban J connectivity index is 2.26. The molecule has 1 aliphatic heterocycles. The van der Waals surface area contributed by atoms with Crippen LogP contribution in [0.4, 0.5) is 0 Å². The van der Waals surface area contributed by atoms with Gasteiger partial charge in [0.05, 0.1) is 11.7 Å². The molecule has 2 heterocycles. The minimum absolute atomic E-state index is 0.0845. The number of aromatic nitrogens is 1. The third-order valence-electron chi connectivity index (χ3n) is 2.58. The molecule has 4 nitrogen and oxygen atoms in total. The number of carbonyl (C=O) groups is 1.